The van der Waals surface area contributed by atoms with E-state index in [-0.39, 0.29) is 17.6 Å². The van der Waals surface area contributed by atoms with Crippen LogP contribution in [-0.4, -0.2) is 39.0 Å². The lowest BCUT2D eigenvalue weighted by Crippen LogP contribution is -2.38. The van der Waals surface area contributed by atoms with Crippen molar-refractivity contribution in [2.45, 2.75) is 50.1 Å². The van der Waals surface area contributed by atoms with Crippen LogP contribution in [0.2, 0.25) is 0 Å². The molecular weight excluding hydrogens is 318 g/mol. The average molecular weight is 339 g/mol. The Hall–Kier alpha value is -2.28. The molecule has 0 amide bonds. The van der Waals surface area contributed by atoms with Crippen molar-refractivity contribution in [3.63, 3.8) is 0 Å². The number of rotatable bonds is 4. The Labute approximate surface area is 145 Å². The molecule has 2 aromatic heterocycles. The van der Waals surface area contributed by atoms with Gasteiger partial charge in [-0.1, -0.05) is 0 Å². The van der Waals surface area contributed by atoms with Crippen LogP contribution in [0.3, 0.4) is 0 Å². The largest absolute Gasteiger partial charge is 0.377 e. The molecule has 2 aliphatic carbocycles. The summed E-state index contributed by atoms with van der Waals surface area (Å²) in [5.74, 6) is 1.38. The molecule has 0 spiro atoms. The van der Waals surface area contributed by atoms with E-state index in [1.165, 1.54) is 12.8 Å². The highest BCUT2D eigenvalue weighted by Crippen LogP contribution is 2.39. The molecule has 1 saturated heterocycles. The highest BCUT2D eigenvalue weighted by Gasteiger charge is 2.33. The number of ether oxygens (including phenoxy) is 1. The number of aromatic nitrogens is 4. The van der Waals surface area contributed by atoms with Crippen LogP contribution in [0.1, 0.15) is 48.2 Å². The summed E-state index contributed by atoms with van der Waals surface area (Å²) >= 11 is 0. The highest BCUT2D eigenvalue weighted by molar-refractivity contribution is 5.38. The molecule has 2 unspecified atom stereocenters. The minimum atomic E-state index is -0.113. The van der Waals surface area contributed by atoms with Gasteiger partial charge in [-0.25, -0.2) is 14.6 Å². The highest BCUT2D eigenvalue weighted by atomic mass is 16.5. The van der Waals surface area contributed by atoms with E-state index in [2.05, 4.69) is 20.4 Å². The van der Waals surface area contributed by atoms with Crippen LogP contribution in [0, 0.1) is 0 Å². The Morgan fingerprint density at radius 1 is 1.16 bits per heavy atom. The fourth-order valence-electron chi connectivity index (χ4n) is 3.82. The predicted molar refractivity (Wildman–Crippen MR) is 91.8 cm³/mol. The molecule has 7 nitrogen and oxygen atoms in total. The Morgan fingerprint density at radius 2 is 2.08 bits per heavy atom. The molecule has 5 rings (SSSR count). The summed E-state index contributed by atoms with van der Waals surface area (Å²) < 4.78 is 7.26. The lowest BCUT2D eigenvalue weighted by molar-refractivity contribution is 0.182. The van der Waals surface area contributed by atoms with Gasteiger partial charge in [-0.2, -0.15) is 5.10 Å². The maximum atomic E-state index is 12.5. The van der Waals surface area contributed by atoms with E-state index in [1.54, 1.807) is 17.1 Å². The Morgan fingerprint density at radius 3 is 2.96 bits per heavy atom. The third-order valence-electron chi connectivity index (χ3n) is 5.36. The maximum Gasteiger partial charge on any atom is 0.267 e. The molecule has 3 aliphatic rings. The second-order valence-corrected chi connectivity index (χ2v) is 7.21. The zero-order valence-corrected chi connectivity index (χ0v) is 14.0. The van der Waals surface area contributed by atoms with E-state index in [9.17, 15) is 4.79 Å². The topological polar surface area (TPSA) is 81.9 Å². The molecule has 25 heavy (non-hydrogen) atoms. The number of hydrogen-bond donors (Lipinski definition) is 1. The van der Waals surface area contributed by atoms with E-state index in [1.807, 2.05) is 6.07 Å². The van der Waals surface area contributed by atoms with Crippen LogP contribution >= 0.6 is 0 Å². The monoisotopic (exact) mass is 339 g/mol. The third kappa shape index (κ3) is 2.82. The smallest absolute Gasteiger partial charge is 0.267 e. The molecule has 0 radical (unpaired) electrons. The van der Waals surface area contributed by atoms with Crippen molar-refractivity contribution in [2.24, 2.45) is 0 Å². The third-order valence-corrected chi connectivity index (χ3v) is 5.36. The molecule has 130 valence electrons. The molecule has 2 aromatic rings. The van der Waals surface area contributed by atoms with Crippen molar-refractivity contribution in [2.75, 3.05) is 18.5 Å². The molecule has 0 aromatic carbocycles. The van der Waals surface area contributed by atoms with Gasteiger partial charge >= 0.3 is 0 Å². The predicted octanol–water partition coefficient (Wildman–Crippen LogP) is 1.45. The van der Waals surface area contributed by atoms with E-state index in [0.29, 0.717) is 19.1 Å². The lowest BCUT2D eigenvalue weighted by atomic mass is 10.1. The molecule has 3 heterocycles. The van der Waals surface area contributed by atoms with Crippen molar-refractivity contribution < 1.29 is 4.74 Å². The summed E-state index contributed by atoms with van der Waals surface area (Å²) in [6.45, 7) is 1.03. The van der Waals surface area contributed by atoms with Gasteiger partial charge in [-0.05, 0) is 37.7 Å². The van der Waals surface area contributed by atoms with Gasteiger partial charge in [0.15, 0.2) is 0 Å². The van der Waals surface area contributed by atoms with E-state index >= 15 is 0 Å². The van der Waals surface area contributed by atoms with Gasteiger partial charge in [-0.3, -0.25) is 4.79 Å². The standard InChI is InChI=1S/C18H21N5O2/c24-18-6-12-2-1-3-13(12)22-23(18)16-9-25-8-15(16)21-17-7-14(11-4-5-11)19-10-20-17/h6-7,10-11,15-16H,1-5,8-9H2,(H,19,20,21). The number of hydrogen-bond acceptors (Lipinski definition) is 6. The first-order valence-corrected chi connectivity index (χ1v) is 9.06. The van der Waals surface area contributed by atoms with Gasteiger partial charge in [0, 0.05) is 23.7 Å². The Bertz CT molecular complexity index is 861. The van der Waals surface area contributed by atoms with Gasteiger partial charge in [-0.15, -0.1) is 0 Å². The zero-order chi connectivity index (χ0) is 16.8. The number of aryl methyl sites for hydroxylation is 2. The Balaban J connectivity index is 1.41. The molecule has 0 bridgehead atoms. The number of fused-ring (bicyclic) bond motifs is 1. The van der Waals surface area contributed by atoms with E-state index in [4.69, 9.17) is 4.74 Å². The van der Waals surface area contributed by atoms with Crippen LogP contribution in [0.25, 0.3) is 0 Å². The van der Waals surface area contributed by atoms with Gasteiger partial charge in [0.2, 0.25) is 0 Å². The van der Waals surface area contributed by atoms with Crippen LogP contribution in [0.15, 0.2) is 23.3 Å². The van der Waals surface area contributed by atoms with Crippen molar-refractivity contribution in [1.29, 1.82) is 0 Å². The minimum absolute atomic E-state index is 0.0217. The van der Waals surface area contributed by atoms with Gasteiger partial charge < -0.3 is 10.1 Å². The second-order valence-electron chi connectivity index (χ2n) is 7.21. The van der Waals surface area contributed by atoms with Crippen LogP contribution in [-0.2, 0) is 17.6 Å². The fourth-order valence-corrected chi connectivity index (χ4v) is 3.82. The molecule has 2 fully saturated rings. The fraction of sp³-hybridized carbons (Fsp3) is 0.556. The van der Waals surface area contributed by atoms with Crippen LogP contribution < -0.4 is 10.9 Å². The molecule has 1 saturated carbocycles. The average Bonchev–Trinajstić information content (AvgIpc) is 3.22. The summed E-state index contributed by atoms with van der Waals surface area (Å²) in [7, 11) is 0. The summed E-state index contributed by atoms with van der Waals surface area (Å²) in [4.78, 5) is 21.2. The van der Waals surface area contributed by atoms with Crippen molar-refractivity contribution in [1.82, 2.24) is 19.7 Å². The van der Waals surface area contributed by atoms with Gasteiger partial charge in [0.05, 0.1) is 24.9 Å². The number of nitrogens with one attached hydrogen (secondary N) is 1. The number of anilines is 1. The lowest BCUT2D eigenvalue weighted by Gasteiger charge is -2.21. The summed E-state index contributed by atoms with van der Waals surface area (Å²) in [5.41, 5.74) is 3.22. The van der Waals surface area contributed by atoms with Crippen LogP contribution in [0.5, 0.6) is 0 Å². The second kappa shape index (κ2) is 5.91. The van der Waals surface area contributed by atoms with Gasteiger partial charge in [0.25, 0.3) is 5.56 Å². The number of nitrogens with zero attached hydrogens (tertiary/aromatic N) is 4. The SMILES string of the molecule is O=c1cc2c(nn1C1COCC1Nc1cc(C3CC3)ncn1)CCC2. The molecule has 7 heteroatoms. The zero-order valence-electron chi connectivity index (χ0n) is 14.0. The van der Waals surface area contributed by atoms with Crippen molar-refractivity contribution >= 4 is 5.82 Å². The molecule has 2 atom stereocenters. The summed E-state index contributed by atoms with van der Waals surface area (Å²) in [6.07, 6.45) is 7.03. The van der Waals surface area contributed by atoms with E-state index < -0.39 is 0 Å². The first-order chi connectivity index (χ1) is 12.3. The minimum Gasteiger partial charge on any atom is -0.377 e. The van der Waals surface area contributed by atoms with Crippen molar-refractivity contribution in [3.05, 3.63) is 45.8 Å². The summed E-state index contributed by atoms with van der Waals surface area (Å²) in [6, 6.07) is 3.64. The van der Waals surface area contributed by atoms with Crippen molar-refractivity contribution in [3.8, 4) is 0 Å². The quantitative estimate of drug-likeness (QED) is 0.908. The molecule has 1 aliphatic heterocycles. The molecule has 1 N–H and O–H groups in total. The van der Waals surface area contributed by atoms with Gasteiger partial charge in [0.1, 0.15) is 18.2 Å². The first kappa shape index (κ1) is 15.0. The normalized spacial score (nSPS) is 25.1. The maximum absolute atomic E-state index is 12.5. The molecular formula is C18H21N5O2. The summed E-state index contributed by atoms with van der Waals surface area (Å²) in [5, 5.41) is 8.07. The first-order valence-electron chi connectivity index (χ1n) is 9.06. The van der Waals surface area contributed by atoms with Crippen LogP contribution in [0.4, 0.5) is 5.82 Å². The van der Waals surface area contributed by atoms with E-state index in [0.717, 1.165) is 42.0 Å². The Kier molecular flexibility index (Phi) is 3.55.